The minimum absolute atomic E-state index is 0. The molecule has 5 nitrogen and oxygen atoms in total. The van der Waals surface area contributed by atoms with Gasteiger partial charge in [-0.05, 0) is 0 Å². The van der Waals surface area contributed by atoms with Gasteiger partial charge in [-0.1, -0.05) is 0 Å². The fraction of sp³-hybridized carbons (Fsp3) is 0. The summed E-state index contributed by atoms with van der Waals surface area (Å²) in [5, 5.41) is 0. The Morgan fingerprint density at radius 3 is 1.33 bits per heavy atom. The Bertz CT molecular complexity index is 57.8. The molecule has 0 aromatic heterocycles. The predicted octanol–water partition coefficient (Wildman–Crippen LogP) is -2.34. The van der Waals surface area contributed by atoms with E-state index in [2.05, 4.69) is 0 Å². The van der Waals surface area contributed by atoms with Gasteiger partial charge in [0.2, 0.25) is 0 Å². The molecule has 0 amide bonds. The first kappa shape index (κ1) is 9.42. The quantitative estimate of drug-likeness (QED) is 0.354. The number of hydrogen-bond donors (Lipinski definition) is 1. The van der Waals surface area contributed by atoms with Gasteiger partial charge in [0, 0.05) is 0 Å². The average molecular weight is 114 g/mol. The van der Waals surface area contributed by atoms with Crippen LogP contribution in [0.15, 0.2) is 0 Å². The van der Waals surface area contributed by atoms with E-state index >= 15 is 0 Å². The maximum atomic E-state index is 8.55. The highest BCUT2D eigenvalue weighted by Gasteiger charge is 1.44. The Morgan fingerprint density at radius 2 is 1.33 bits per heavy atom. The first-order chi connectivity index (χ1) is 2.00. The lowest BCUT2D eigenvalue weighted by Gasteiger charge is -2.36. The van der Waals surface area contributed by atoms with Crippen molar-refractivity contribution in [2.45, 2.75) is 0 Å². The first-order valence-electron chi connectivity index (χ1n) is 0.730. The van der Waals surface area contributed by atoms with E-state index in [0.29, 0.717) is 0 Å². The zero-order chi connectivity index (χ0) is 4.50. The van der Waals surface area contributed by atoms with Crippen LogP contribution in [0, 0.1) is 0 Å². The van der Waals surface area contributed by atoms with Crippen molar-refractivity contribution in [1.29, 1.82) is 0 Å². The molecule has 0 fully saturated rings. The molecule has 0 rings (SSSR count). The molecule has 0 saturated heterocycles. The molecule has 0 aliphatic carbocycles. The van der Waals surface area contributed by atoms with Gasteiger partial charge in [0.05, 0.1) is 0 Å². The second-order valence-electron chi connectivity index (χ2n) is 0.447. The maximum absolute atomic E-state index is 8.55. The molecule has 40 valence electrons. The fourth-order valence-electron chi connectivity index (χ4n) is 0. The molecule has 0 atom stereocenters. The van der Waals surface area contributed by atoms with Crippen LogP contribution >= 0.6 is 7.82 Å². The highest BCUT2D eigenvalue weighted by atomic mass is 31.2. The van der Waals surface area contributed by atoms with Crippen molar-refractivity contribution < 1.29 is 20.7 Å². The summed E-state index contributed by atoms with van der Waals surface area (Å²) in [5.74, 6) is 0. The highest BCUT2D eigenvalue weighted by Crippen LogP contribution is 2.03. The minimum Gasteiger partial charge on any atom is -0.822 e. The molecule has 0 aromatic carbocycles. The smallest absolute Gasteiger partial charge is 0.822 e. The van der Waals surface area contributed by atoms with Gasteiger partial charge in [-0.25, -0.2) is 0 Å². The van der Waals surface area contributed by atoms with Crippen molar-refractivity contribution in [2.75, 3.05) is 0 Å². The molecule has 0 aromatic rings. The molecule has 0 spiro atoms. The summed E-state index contributed by atoms with van der Waals surface area (Å²) >= 11 is 0. The Balaban J connectivity index is -0.0000000800. The number of quaternary nitrogens is 1. The lowest BCUT2D eigenvalue weighted by Crippen LogP contribution is -2.24. The van der Waals surface area contributed by atoms with Gasteiger partial charge >= 0.3 is 1.43 Å². The third-order valence-electron chi connectivity index (χ3n) is 0. The van der Waals surface area contributed by atoms with Crippen LogP contribution in [0.2, 0.25) is 0 Å². The van der Waals surface area contributed by atoms with Crippen LogP contribution in [-0.2, 0) is 4.57 Å². The van der Waals surface area contributed by atoms with Crippen LogP contribution in [0.25, 0.3) is 0 Å². The maximum Gasteiger partial charge on any atom is 1.00 e. The zero-order valence-corrected chi connectivity index (χ0v) is 3.97. The van der Waals surface area contributed by atoms with Crippen LogP contribution < -0.4 is 20.8 Å². The SMILES string of the molecule is O=P([O-])([O-])[O-].[H+].[NH4+]. The predicted molar refractivity (Wildman–Crippen MR) is 14.7 cm³/mol. The Kier molecular flexibility index (Phi) is 3.58. The van der Waals surface area contributed by atoms with Crippen molar-refractivity contribution in [3.05, 3.63) is 0 Å². The van der Waals surface area contributed by atoms with Gasteiger partial charge in [-0.3, -0.25) is 0 Å². The largest absolute Gasteiger partial charge is 1.00 e. The summed E-state index contributed by atoms with van der Waals surface area (Å²) < 4.78 is 8.55. The van der Waals surface area contributed by atoms with Crippen LogP contribution in [0.4, 0.5) is 0 Å². The Morgan fingerprint density at radius 1 is 1.33 bits per heavy atom. The summed E-state index contributed by atoms with van der Waals surface area (Å²) in [7, 11) is -5.39. The normalized spacial score (nSPS) is 9.83. The molecular weight excluding hydrogens is 109 g/mol. The summed E-state index contributed by atoms with van der Waals surface area (Å²) in [5.41, 5.74) is 0. The molecular formula is H5NO4P-. The Labute approximate surface area is 35.9 Å². The standard InChI is InChI=1S/H3N.H3O4P/c;1-5(2,3)4/h1H3;(H3,1,2,3,4)/p-1. The molecule has 6 heteroatoms. The van der Waals surface area contributed by atoms with Crippen LogP contribution in [0.1, 0.15) is 1.43 Å². The van der Waals surface area contributed by atoms with E-state index < -0.39 is 7.82 Å². The molecule has 4 N–H and O–H groups in total. The molecule has 0 unspecified atom stereocenters. The van der Waals surface area contributed by atoms with E-state index in [1.165, 1.54) is 0 Å². The minimum atomic E-state index is -5.39. The molecule has 0 heterocycles. The van der Waals surface area contributed by atoms with E-state index in [0.717, 1.165) is 0 Å². The zero-order valence-electron chi connectivity index (χ0n) is 4.08. The summed E-state index contributed by atoms with van der Waals surface area (Å²) in [6.07, 6.45) is 0. The average Bonchev–Trinajstić information content (AvgIpc) is 0.722. The second-order valence-corrected chi connectivity index (χ2v) is 1.34. The summed E-state index contributed by atoms with van der Waals surface area (Å²) in [6.45, 7) is 0. The van der Waals surface area contributed by atoms with Gasteiger partial charge in [0.15, 0.2) is 0 Å². The van der Waals surface area contributed by atoms with Gasteiger partial charge in [-0.2, -0.15) is 7.82 Å². The third kappa shape index (κ3) is 7830. The van der Waals surface area contributed by atoms with E-state index in [4.69, 9.17) is 19.2 Å². The van der Waals surface area contributed by atoms with Crippen molar-refractivity contribution in [3.63, 3.8) is 0 Å². The lowest BCUT2D eigenvalue weighted by atomic mass is 14.0. The van der Waals surface area contributed by atoms with Gasteiger partial charge in [0.25, 0.3) is 0 Å². The van der Waals surface area contributed by atoms with Crippen molar-refractivity contribution >= 4 is 7.82 Å². The summed E-state index contributed by atoms with van der Waals surface area (Å²) in [6, 6.07) is 0. The first-order valence-corrected chi connectivity index (χ1v) is 2.19. The lowest BCUT2D eigenvalue weighted by molar-refractivity contribution is -0.432. The molecule has 0 radical (unpaired) electrons. The molecule has 0 aliphatic rings. The third-order valence-corrected chi connectivity index (χ3v) is 0. The number of phosphoric acid groups is 1. The van der Waals surface area contributed by atoms with E-state index in [1.807, 2.05) is 0 Å². The fourth-order valence-corrected chi connectivity index (χ4v) is 0. The van der Waals surface area contributed by atoms with Crippen LogP contribution in [0.3, 0.4) is 0 Å². The monoisotopic (exact) mass is 114 g/mol. The van der Waals surface area contributed by atoms with Gasteiger partial charge < -0.3 is 25.4 Å². The van der Waals surface area contributed by atoms with Crippen molar-refractivity contribution in [3.8, 4) is 0 Å². The van der Waals surface area contributed by atoms with E-state index in [1.54, 1.807) is 0 Å². The van der Waals surface area contributed by atoms with Crippen molar-refractivity contribution in [2.24, 2.45) is 0 Å². The van der Waals surface area contributed by atoms with E-state index in [-0.39, 0.29) is 7.58 Å². The van der Waals surface area contributed by atoms with E-state index in [9.17, 15) is 0 Å². The van der Waals surface area contributed by atoms with Gasteiger partial charge in [-0.15, -0.1) is 0 Å². The molecule has 0 bridgehead atoms. The highest BCUT2D eigenvalue weighted by molar-refractivity contribution is 7.40. The van der Waals surface area contributed by atoms with Crippen LogP contribution in [-0.4, -0.2) is 0 Å². The number of hydrogen-bond acceptors (Lipinski definition) is 4. The van der Waals surface area contributed by atoms with Crippen molar-refractivity contribution in [1.82, 2.24) is 6.15 Å². The summed E-state index contributed by atoms with van der Waals surface area (Å²) in [4.78, 5) is 25.6. The number of rotatable bonds is 0. The Hall–Kier alpha value is 0.0700. The van der Waals surface area contributed by atoms with Gasteiger partial charge in [0.1, 0.15) is 0 Å². The molecule has 6 heavy (non-hydrogen) atoms. The van der Waals surface area contributed by atoms with Crippen LogP contribution in [0.5, 0.6) is 0 Å². The second kappa shape index (κ2) is 2.28. The molecule has 0 saturated carbocycles. The molecule has 0 aliphatic heterocycles. The topological polar surface area (TPSA) is 123 Å².